The highest BCUT2D eigenvalue weighted by atomic mass is 16.2. The molecule has 0 aromatic heterocycles. The van der Waals surface area contributed by atoms with Crippen LogP contribution in [-0.4, -0.2) is 46.6 Å². The highest BCUT2D eigenvalue weighted by Gasteiger charge is 2.44. The maximum Gasteiger partial charge on any atom is 0.334 e. The van der Waals surface area contributed by atoms with Crippen molar-refractivity contribution in [2.24, 2.45) is 0 Å². The summed E-state index contributed by atoms with van der Waals surface area (Å²) in [6, 6.07) is 16.3. The molecule has 2 aromatic rings. The van der Waals surface area contributed by atoms with E-state index in [0.717, 1.165) is 22.4 Å². The van der Waals surface area contributed by atoms with E-state index in [0.29, 0.717) is 17.0 Å². The third-order valence-electron chi connectivity index (χ3n) is 4.45. The highest BCUT2D eigenvalue weighted by Crippen LogP contribution is 2.21. The lowest BCUT2D eigenvalue weighted by atomic mass is 10.1. The lowest BCUT2D eigenvalue weighted by molar-refractivity contribution is -0.143. The molecule has 1 fully saturated rings. The zero-order chi connectivity index (χ0) is 20.1. The van der Waals surface area contributed by atoms with Gasteiger partial charge in [-0.25, -0.2) is 9.69 Å². The number of unbranched alkanes of at least 4 members (excludes halogenated alkanes) is 1. The van der Waals surface area contributed by atoms with Gasteiger partial charge in [0.15, 0.2) is 0 Å². The van der Waals surface area contributed by atoms with E-state index in [4.69, 9.17) is 0 Å². The first-order chi connectivity index (χ1) is 13.5. The van der Waals surface area contributed by atoms with Gasteiger partial charge in [-0.15, -0.1) is 0 Å². The first-order valence-corrected chi connectivity index (χ1v) is 9.14. The Balaban J connectivity index is 1.62. The molecule has 0 aliphatic carbocycles. The summed E-state index contributed by atoms with van der Waals surface area (Å²) >= 11 is 0. The molecular formula is C21H21N3O4. The lowest BCUT2D eigenvalue weighted by Gasteiger charge is -2.15. The fraction of sp³-hybridized carbons (Fsp3) is 0.238. The Morgan fingerprint density at radius 2 is 1.46 bits per heavy atom. The van der Waals surface area contributed by atoms with Crippen LogP contribution in [-0.2, 0) is 14.4 Å². The maximum absolute atomic E-state index is 12.3. The molecule has 7 nitrogen and oxygen atoms in total. The molecule has 7 heteroatoms. The van der Waals surface area contributed by atoms with Crippen molar-refractivity contribution >= 4 is 29.4 Å². The standard InChI is InChI=1S/C21H21N3O4/c1-2-3-13-23-19(26)20(27)24(21(23)28)14-18(25)22-17-11-9-16(10-12-17)15-7-5-4-6-8-15/h4-12H,2-3,13-14H2,1H3,(H,22,25). The summed E-state index contributed by atoms with van der Waals surface area (Å²) in [5, 5.41) is 2.65. The summed E-state index contributed by atoms with van der Waals surface area (Å²) in [5.74, 6) is -2.38. The Kier molecular flexibility index (Phi) is 5.84. The van der Waals surface area contributed by atoms with Gasteiger partial charge in [-0.3, -0.25) is 19.3 Å². The van der Waals surface area contributed by atoms with Gasteiger partial charge >= 0.3 is 17.8 Å². The fourth-order valence-corrected chi connectivity index (χ4v) is 2.92. The van der Waals surface area contributed by atoms with Crippen molar-refractivity contribution in [3.8, 4) is 11.1 Å². The number of hydrogen-bond acceptors (Lipinski definition) is 4. The number of carbonyl (C=O) groups is 4. The van der Waals surface area contributed by atoms with Crippen LogP contribution in [0.4, 0.5) is 10.5 Å². The van der Waals surface area contributed by atoms with Gasteiger partial charge in [0.2, 0.25) is 5.91 Å². The van der Waals surface area contributed by atoms with Crippen LogP contribution < -0.4 is 5.32 Å². The Morgan fingerprint density at radius 3 is 2.11 bits per heavy atom. The molecule has 3 rings (SSSR count). The summed E-state index contributed by atoms with van der Waals surface area (Å²) in [6.45, 7) is 1.60. The number of anilines is 1. The number of imide groups is 2. The van der Waals surface area contributed by atoms with Crippen LogP contribution in [0.1, 0.15) is 19.8 Å². The van der Waals surface area contributed by atoms with Crippen LogP contribution in [0.2, 0.25) is 0 Å². The van der Waals surface area contributed by atoms with E-state index in [9.17, 15) is 19.2 Å². The highest BCUT2D eigenvalue weighted by molar-refractivity contribution is 6.45. The van der Waals surface area contributed by atoms with E-state index in [2.05, 4.69) is 5.32 Å². The van der Waals surface area contributed by atoms with Gasteiger partial charge < -0.3 is 5.32 Å². The van der Waals surface area contributed by atoms with E-state index >= 15 is 0 Å². The summed E-state index contributed by atoms with van der Waals surface area (Å²) in [7, 11) is 0. The first kappa shape index (κ1) is 19.3. The van der Waals surface area contributed by atoms with Crippen LogP contribution in [0.25, 0.3) is 11.1 Å². The molecule has 1 saturated heterocycles. The van der Waals surface area contributed by atoms with Crippen molar-refractivity contribution in [3.05, 3.63) is 54.6 Å². The van der Waals surface area contributed by atoms with Crippen LogP contribution in [0.5, 0.6) is 0 Å². The molecular weight excluding hydrogens is 358 g/mol. The van der Waals surface area contributed by atoms with Gasteiger partial charge in [0.05, 0.1) is 0 Å². The molecule has 0 spiro atoms. The van der Waals surface area contributed by atoms with Crippen LogP contribution >= 0.6 is 0 Å². The molecule has 5 amide bonds. The number of carbonyl (C=O) groups excluding carboxylic acids is 4. The Morgan fingerprint density at radius 1 is 0.857 bits per heavy atom. The number of nitrogens with one attached hydrogen (secondary N) is 1. The number of urea groups is 1. The molecule has 28 heavy (non-hydrogen) atoms. The third kappa shape index (κ3) is 4.09. The molecule has 1 aliphatic rings. The van der Waals surface area contributed by atoms with Crippen molar-refractivity contribution in [1.29, 1.82) is 0 Å². The lowest BCUT2D eigenvalue weighted by Crippen LogP contribution is -2.39. The van der Waals surface area contributed by atoms with Crippen LogP contribution in [0.3, 0.4) is 0 Å². The molecule has 0 saturated carbocycles. The van der Waals surface area contributed by atoms with E-state index in [1.165, 1.54) is 0 Å². The zero-order valence-corrected chi connectivity index (χ0v) is 15.6. The van der Waals surface area contributed by atoms with Gasteiger partial charge in [-0.2, -0.15) is 0 Å². The molecule has 1 N–H and O–H groups in total. The normalized spacial score (nSPS) is 14.0. The second kappa shape index (κ2) is 8.47. The topological polar surface area (TPSA) is 86.8 Å². The molecule has 2 aromatic carbocycles. The van der Waals surface area contributed by atoms with E-state index in [1.807, 2.05) is 49.4 Å². The van der Waals surface area contributed by atoms with Crippen molar-refractivity contribution < 1.29 is 19.2 Å². The Hall–Kier alpha value is -3.48. The van der Waals surface area contributed by atoms with Crippen molar-refractivity contribution in [1.82, 2.24) is 9.80 Å². The molecule has 0 unspecified atom stereocenters. The van der Waals surface area contributed by atoms with E-state index in [1.54, 1.807) is 12.1 Å². The summed E-state index contributed by atoms with van der Waals surface area (Å²) in [4.78, 5) is 50.0. The van der Waals surface area contributed by atoms with Gasteiger partial charge in [0.25, 0.3) is 0 Å². The summed E-state index contributed by atoms with van der Waals surface area (Å²) < 4.78 is 0. The van der Waals surface area contributed by atoms with Crippen LogP contribution in [0.15, 0.2) is 54.6 Å². The second-order valence-electron chi connectivity index (χ2n) is 6.48. The van der Waals surface area contributed by atoms with Gasteiger partial charge in [-0.05, 0) is 29.7 Å². The third-order valence-corrected chi connectivity index (χ3v) is 4.45. The average molecular weight is 379 g/mol. The van der Waals surface area contributed by atoms with Crippen molar-refractivity contribution in [2.45, 2.75) is 19.8 Å². The molecule has 144 valence electrons. The van der Waals surface area contributed by atoms with Gasteiger partial charge in [-0.1, -0.05) is 55.8 Å². The number of benzene rings is 2. The van der Waals surface area contributed by atoms with Crippen molar-refractivity contribution in [2.75, 3.05) is 18.4 Å². The number of rotatable bonds is 7. The average Bonchev–Trinajstić information content (AvgIpc) is 2.91. The predicted molar refractivity (Wildman–Crippen MR) is 104 cm³/mol. The molecule has 0 atom stereocenters. The van der Waals surface area contributed by atoms with Gasteiger partial charge in [0, 0.05) is 12.2 Å². The first-order valence-electron chi connectivity index (χ1n) is 9.14. The number of amides is 5. The quantitative estimate of drug-likeness (QED) is 0.592. The fourth-order valence-electron chi connectivity index (χ4n) is 2.92. The maximum atomic E-state index is 12.3. The zero-order valence-electron chi connectivity index (χ0n) is 15.6. The Bertz CT molecular complexity index is 894. The van der Waals surface area contributed by atoms with Crippen molar-refractivity contribution in [3.63, 3.8) is 0 Å². The largest absolute Gasteiger partial charge is 0.334 e. The summed E-state index contributed by atoms with van der Waals surface area (Å²) in [5.41, 5.74) is 2.60. The Labute approximate surface area is 162 Å². The monoisotopic (exact) mass is 379 g/mol. The van der Waals surface area contributed by atoms with E-state index in [-0.39, 0.29) is 6.54 Å². The predicted octanol–water partition coefficient (Wildman–Crippen LogP) is 2.88. The SMILES string of the molecule is CCCCN1C(=O)C(=O)N(CC(=O)Nc2ccc(-c3ccccc3)cc2)C1=O. The number of hydrogen-bond donors (Lipinski definition) is 1. The molecule has 1 aliphatic heterocycles. The summed E-state index contributed by atoms with van der Waals surface area (Å²) in [6.07, 6.45) is 1.39. The van der Waals surface area contributed by atoms with Crippen LogP contribution in [0, 0.1) is 0 Å². The smallest absolute Gasteiger partial charge is 0.325 e. The minimum absolute atomic E-state index is 0.180. The second-order valence-corrected chi connectivity index (χ2v) is 6.48. The minimum atomic E-state index is -0.962. The molecule has 1 heterocycles. The van der Waals surface area contributed by atoms with E-state index < -0.39 is 30.3 Å². The van der Waals surface area contributed by atoms with Gasteiger partial charge in [0.1, 0.15) is 6.54 Å². The molecule has 0 bridgehead atoms. The molecule has 0 radical (unpaired) electrons. The number of nitrogens with zero attached hydrogens (tertiary/aromatic N) is 2. The minimum Gasteiger partial charge on any atom is -0.325 e.